The first-order chi connectivity index (χ1) is 11.4. The van der Waals surface area contributed by atoms with E-state index in [1.54, 1.807) is 9.80 Å². The number of rotatable bonds is 2. The third-order valence-electron chi connectivity index (χ3n) is 5.42. The van der Waals surface area contributed by atoms with Gasteiger partial charge in [0.1, 0.15) is 5.82 Å². The summed E-state index contributed by atoms with van der Waals surface area (Å²) in [4.78, 5) is 27.6. The predicted octanol–water partition coefficient (Wildman–Crippen LogP) is 1.72. The van der Waals surface area contributed by atoms with Gasteiger partial charge in [-0.25, -0.2) is 4.39 Å². The van der Waals surface area contributed by atoms with Gasteiger partial charge in [-0.2, -0.15) is 0 Å². The van der Waals surface area contributed by atoms with Crippen molar-refractivity contribution in [1.29, 1.82) is 0 Å². The number of hydrogen-bond acceptors (Lipinski definition) is 3. The van der Waals surface area contributed by atoms with Crippen LogP contribution in [-0.4, -0.2) is 53.4 Å². The molecule has 2 fully saturated rings. The Hall–Kier alpha value is -1.95. The van der Waals surface area contributed by atoms with Crippen molar-refractivity contribution >= 4 is 11.8 Å². The number of benzene rings is 1. The van der Waals surface area contributed by atoms with E-state index in [2.05, 4.69) is 0 Å². The average Bonchev–Trinajstić information content (AvgIpc) is 2.59. The summed E-state index contributed by atoms with van der Waals surface area (Å²) in [5.41, 5.74) is 0.505. The molecular formula is C18H23FN2O3. The lowest BCUT2D eigenvalue weighted by atomic mass is 9.72. The monoisotopic (exact) mass is 334 g/mol. The molecule has 1 aromatic rings. The second kappa shape index (κ2) is 6.51. The van der Waals surface area contributed by atoms with Crippen molar-refractivity contribution in [1.82, 2.24) is 9.80 Å². The molecule has 1 unspecified atom stereocenters. The van der Waals surface area contributed by atoms with Crippen molar-refractivity contribution in [2.75, 3.05) is 26.7 Å². The molecule has 1 N–H and O–H groups in total. The molecule has 0 radical (unpaired) electrons. The minimum Gasteiger partial charge on any atom is -0.378 e. The van der Waals surface area contributed by atoms with E-state index in [0.717, 1.165) is 25.8 Å². The Balaban J connectivity index is 1.61. The summed E-state index contributed by atoms with van der Waals surface area (Å²) in [6.45, 7) is 1.91. The molecular weight excluding hydrogens is 311 g/mol. The van der Waals surface area contributed by atoms with Crippen molar-refractivity contribution in [2.24, 2.45) is 5.41 Å². The first-order valence-electron chi connectivity index (χ1n) is 8.37. The van der Waals surface area contributed by atoms with Crippen LogP contribution in [0, 0.1) is 11.2 Å². The van der Waals surface area contributed by atoms with E-state index >= 15 is 0 Å². The van der Waals surface area contributed by atoms with E-state index in [0.29, 0.717) is 25.1 Å². The molecule has 130 valence electrons. The van der Waals surface area contributed by atoms with Gasteiger partial charge in [-0.3, -0.25) is 9.59 Å². The number of piperidine rings is 2. The Labute approximate surface area is 141 Å². The van der Waals surface area contributed by atoms with Gasteiger partial charge >= 0.3 is 0 Å². The van der Waals surface area contributed by atoms with Gasteiger partial charge in [0.2, 0.25) is 5.91 Å². The standard InChI is InChI=1S/C18H23FN2O3/c1-20-12-18(7-6-15(20)22)8-10-21(11-9-18)17(24)16(23)13-2-4-14(19)5-3-13/h2-5,16,23H,6-12H2,1H3. The molecule has 1 atom stereocenters. The summed E-state index contributed by atoms with van der Waals surface area (Å²) < 4.78 is 13.0. The fourth-order valence-electron chi connectivity index (χ4n) is 3.80. The van der Waals surface area contributed by atoms with Crippen molar-refractivity contribution in [2.45, 2.75) is 31.8 Å². The number of likely N-dealkylation sites (tertiary alicyclic amines) is 2. The molecule has 2 saturated heterocycles. The minimum atomic E-state index is -1.25. The van der Waals surface area contributed by atoms with Gasteiger partial charge in [0.05, 0.1) is 0 Å². The van der Waals surface area contributed by atoms with Gasteiger partial charge in [0, 0.05) is 33.1 Å². The molecule has 24 heavy (non-hydrogen) atoms. The SMILES string of the molecule is CN1CC2(CCC1=O)CCN(C(=O)C(O)c1ccc(F)cc1)CC2. The van der Waals surface area contributed by atoms with Gasteiger partial charge < -0.3 is 14.9 Å². The number of aliphatic hydroxyl groups is 1. The van der Waals surface area contributed by atoms with Gasteiger partial charge in [-0.1, -0.05) is 12.1 Å². The molecule has 1 aromatic carbocycles. The number of amides is 2. The van der Waals surface area contributed by atoms with Gasteiger partial charge in [-0.15, -0.1) is 0 Å². The average molecular weight is 334 g/mol. The zero-order chi connectivity index (χ0) is 17.3. The molecule has 0 aromatic heterocycles. The fourth-order valence-corrected chi connectivity index (χ4v) is 3.80. The third kappa shape index (κ3) is 3.29. The van der Waals surface area contributed by atoms with E-state index in [4.69, 9.17) is 0 Å². The summed E-state index contributed by atoms with van der Waals surface area (Å²) in [5.74, 6) is -0.545. The molecule has 1 spiro atoms. The highest BCUT2D eigenvalue weighted by molar-refractivity contribution is 5.82. The molecule has 5 nitrogen and oxygen atoms in total. The van der Waals surface area contributed by atoms with Crippen molar-refractivity contribution in [3.63, 3.8) is 0 Å². The number of hydrogen-bond donors (Lipinski definition) is 1. The number of carbonyl (C=O) groups excluding carboxylic acids is 2. The van der Waals surface area contributed by atoms with E-state index in [1.165, 1.54) is 24.3 Å². The van der Waals surface area contributed by atoms with Crippen LogP contribution in [0.2, 0.25) is 0 Å². The van der Waals surface area contributed by atoms with E-state index < -0.39 is 11.9 Å². The van der Waals surface area contributed by atoms with Crippen LogP contribution in [0.3, 0.4) is 0 Å². The van der Waals surface area contributed by atoms with Gasteiger partial charge in [0.25, 0.3) is 5.91 Å². The zero-order valence-corrected chi connectivity index (χ0v) is 13.9. The van der Waals surface area contributed by atoms with Crippen LogP contribution in [0.4, 0.5) is 4.39 Å². The largest absolute Gasteiger partial charge is 0.378 e. The molecule has 2 aliphatic heterocycles. The first-order valence-corrected chi connectivity index (χ1v) is 8.37. The molecule has 2 amide bonds. The van der Waals surface area contributed by atoms with Crippen LogP contribution in [0.1, 0.15) is 37.4 Å². The maximum atomic E-state index is 13.0. The molecule has 0 saturated carbocycles. The maximum Gasteiger partial charge on any atom is 0.256 e. The normalized spacial score (nSPS) is 21.9. The van der Waals surface area contributed by atoms with E-state index in [1.807, 2.05) is 7.05 Å². The highest BCUT2D eigenvalue weighted by Crippen LogP contribution is 2.40. The summed E-state index contributed by atoms with van der Waals surface area (Å²) in [6.07, 6.45) is 1.87. The smallest absolute Gasteiger partial charge is 0.256 e. The van der Waals surface area contributed by atoms with Crippen molar-refractivity contribution in [3.8, 4) is 0 Å². The van der Waals surface area contributed by atoms with Crippen LogP contribution < -0.4 is 0 Å². The van der Waals surface area contributed by atoms with Crippen LogP contribution in [0.5, 0.6) is 0 Å². The number of halogens is 1. The Morgan fingerprint density at radius 2 is 1.83 bits per heavy atom. The first kappa shape index (κ1) is 16.9. The predicted molar refractivity (Wildman–Crippen MR) is 86.5 cm³/mol. The van der Waals surface area contributed by atoms with E-state index in [9.17, 15) is 19.1 Å². The Morgan fingerprint density at radius 3 is 2.42 bits per heavy atom. The molecule has 2 aliphatic rings. The van der Waals surface area contributed by atoms with Crippen LogP contribution in [0.25, 0.3) is 0 Å². The second-order valence-corrected chi connectivity index (χ2v) is 7.03. The lowest BCUT2D eigenvalue weighted by molar-refractivity contribution is -0.146. The molecule has 0 bridgehead atoms. The van der Waals surface area contributed by atoms with Crippen molar-refractivity contribution in [3.05, 3.63) is 35.6 Å². The summed E-state index contributed by atoms with van der Waals surface area (Å²) in [6, 6.07) is 5.36. The molecule has 2 heterocycles. The fraction of sp³-hybridized carbons (Fsp3) is 0.556. The number of carbonyl (C=O) groups is 2. The Morgan fingerprint density at radius 1 is 1.21 bits per heavy atom. The topological polar surface area (TPSA) is 60.9 Å². The lowest BCUT2D eigenvalue weighted by Crippen LogP contribution is -2.51. The lowest BCUT2D eigenvalue weighted by Gasteiger charge is -2.46. The number of nitrogens with zero attached hydrogens (tertiary/aromatic N) is 2. The maximum absolute atomic E-state index is 13.0. The Bertz CT molecular complexity index is 624. The minimum absolute atomic E-state index is 0.0975. The van der Waals surface area contributed by atoms with Crippen LogP contribution in [-0.2, 0) is 9.59 Å². The van der Waals surface area contributed by atoms with Gasteiger partial charge in [-0.05, 0) is 42.4 Å². The molecule has 3 rings (SSSR count). The highest BCUT2D eigenvalue weighted by Gasteiger charge is 2.41. The van der Waals surface area contributed by atoms with Crippen LogP contribution in [0.15, 0.2) is 24.3 Å². The zero-order valence-electron chi connectivity index (χ0n) is 13.9. The Kier molecular flexibility index (Phi) is 4.58. The van der Waals surface area contributed by atoms with Crippen molar-refractivity contribution < 1.29 is 19.1 Å². The highest BCUT2D eigenvalue weighted by atomic mass is 19.1. The number of aliphatic hydroxyl groups excluding tert-OH is 1. The second-order valence-electron chi connectivity index (χ2n) is 7.03. The summed E-state index contributed by atoms with van der Waals surface area (Å²) in [7, 11) is 1.83. The van der Waals surface area contributed by atoms with Crippen LogP contribution >= 0.6 is 0 Å². The quantitative estimate of drug-likeness (QED) is 0.896. The molecule has 6 heteroatoms. The summed E-state index contributed by atoms with van der Waals surface area (Å²) in [5, 5.41) is 10.2. The van der Waals surface area contributed by atoms with E-state index in [-0.39, 0.29) is 17.2 Å². The third-order valence-corrected chi connectivity index (χ3v) is 5.42. The molecule has 0 aliphatic carbocycles. The summed E-state index contributed by atoms with van der Waals surface area (Å²) >= 11 is 0. The van der Waals surface area contributed by atoms with Gasteiger partial charge in [0.15, 0.2) is 6.10 Å².